The fourth-order valence-electron chi connectivity index (χ4n) is 5.10. The molecular formula is C29H51N5O6. The monoisotopic (exact) mass is 565 g/mol. The zero-order valence-corrected chi connectivity index (χ0v) is 25.6. The molecular weight excluding hydrogens is 514 g/mol. The molecule has 2 aliphatic carbocycles. The van der Waals surface area contributed by atoms with Gasteiger partial charge in [-0.3, -0.25) is 19.2 Å². The lowest BCUT2D eigenvalue weighted by molar-refractivity contribution is -0.131. The van der Waals surface area contributed by atoms with E-state index in [0.29, 0.717) is 43.1 Å². The summed E-state index contributed by atoms with van der Waals surface area (Å²) in [6.07, 6.45) is 4.40. The Hall–Kier alpha value is -2.71. The lowest BCUT2D eigenvalue weighted by atomic mass is 9.96. The van der Waals surface area contributed by atoms with Crippen LogP contribution in [0.2, 0.25) is 0 Å². The van der Waals surface area contributed by atoms with E-state index in [4.69, 9.17) is 10.4 Å². The quantitative estimate of drug-likeness (QED) is 0.309. The highest BCUT2D eigenvalue weighted by atomic mass is 16.5. The number of carbonyl (C=O) groups excluding carboxylic acids is 4. The van der Waals surface area contributed by atoms with Crippen LogP contribution >= 0.6 is 0 Å². The number of nitriles is 1. The first-order chi connectivity index (χ1) is 18.6. The number of hydrogen-bond acceptors (Lipinski definition) is 7. The molecule has 11 heteroatoms. The fraction of sp³-hybridized carbons (Fsp3) is 0.828. The highest BCUT2D eigenvalue weighted by Crippen LogP contribution is 2.61. The SMILES string of the molecule is CC(C)C.CC1(C)C2CN(C(=O)CNC=O)CC21.COCC(C)(C)O.N#CC(CC1CC2(CC2)NC1=O)NC=O. The van der Waals surface area contributed by atoms with Gasteiger partial charge in [0.05, 0.1) is 24.8 Å². The van der Waals surface area contributed by atoms with Crippen LogP contribution < -0.4 is 16.0 Å². The van der Waals surface area contributed by atoms with Gasteiger partial charge in [-0.05, 0) is 62.7 Å². The van der Waals surface area contributed by atoms with Crippen molar-refractivity contribution in [1.82, 2.24) is 20.9 Å². The number of ether oxygens (including phenoxy) is 1. The summed E-state index contributed by atoms with van der Waals surface area (Å²) in [4.78, 5) is 45.1. The zero-order valence-electron chi connectivity index (χ0n) is 25.6. The highest BCUT2D eigenvalue weighted by Gasteiger charge is 2.62. The van der Waals surface area contributed by atoms with Crippen molar-refractivity contribution in [3.63, 3.8) is 0 Å². The molecule has 0 aromatic rings. The van der Waals surface area contributed by atoms with Crippen molar-refractivity contribution < 1.29 is 29.0 Å². The number of aliphatic hydroxyl groups is 1. The third-order valence-corrected chi connectivity index (χ3v) is 7.50. The molecule has 2 saturated heterocycles. The molecule has 2 saturated carbocycles. The number of carbonyl (C=O) groups is 4. The second kappa shape index (κ2) is 15.3. The number of nitrogens with one attached hydrogen (secondary N) is 3. The van der Waals surface area contributed by atoms with Gasteiger partial charge in [-0.15, -0.1) is 0 Å². The Morgan fingerprint density at radius 1 is 1.23 bits per heavy atom. The minimum Gasteiger partial charge on any atom is -0.388 e. The first kappa shape index (κ1) is 35.3. The molecule has 11 nitrogen and oxygen atoms in total. The Kier molecular flexibility index (Phi) is 13.5. The average molecular weight is 566 g/mol. The molecule has 4 rings (SSSR count). The minimum absolute atomic E-state index is 0.0282. The van der Waals surface area contributed by atoms with E-state index >= 15 is 0 Å². The Morgan fingerprint density at radius 3 is 2.12 bits per heavy atom. The van der Waals surface area contributed by atoms with E-state index in [2.05, 4.69) is 55.3 Å². The predicted octanol–water partition coefficient (Wildman–Crippen LogP) is 1.60. The molecule has 0 bridgehead atoms. The summed E-state index contributed by atoms with van der Waals surface area (Å²) in [6, 6.07) is 1.43. The minimum atomic E-state index is -0.672. The summed E-state index contributed by atoms with van der Waals surface area (Å²) in [5.74, 6) is 2.15. The van der Waals surface area contributed by atoms with Crippen LogP contribution in [0.5, 0.6) is 0 Å². The van der Waals surface area contributed by atoms with Crippen molar-refractivity contribution in [1.29, 1.82) is 5.26 Å². The molecule has 2 aliphatic heterocycles. The fourth-order valence-corrected chi connectivity index (χ4v) is 5.10. The van der Waals surface area contributed by atoms with Crippen LogP contribution in [0.3, 0.4) is 0 Å². The Morgan fingerprint density at radius 2 is 1.77 bits per heavy atom. The van der Waals surface area contributed by atoms with Crippen LogP contribution in [-0.4, -0.2) is 85.2 Å². The second-order valence-corrected chi connectivity index (χ2v) is 13.2. The molecule has 40 heavy (non-hydrogen) atoms. The highest BCUT2D eigenvalue weighted by molar-refractivity contribution is 5.83. The molecule has 0 aromatic carbocycles. The molecule has 2 heterocycles. The third-order valence-electron chi connectivity index (χ3n) is 7.50. The molecule has 4 amide bonds. The summed E-state index contributed by atoms with van der Waals surface area (Å²) < 4.78 is 4.66. The average Bonchev–Trinajstić information content (AvgIpc) is 3.53. The summed E-state index contributed by atoms with van der Waals surface area (Å²) in [7, 11) is 1.57. The van der Waals surface area contributed by atoms with E-state index in [1.807, 2.05) is 11.0 Å². The predicted molar refractivity (Wildman–Crippen MR) is 152 cm³/mol. The van der Waals surface area contributed by atoms with Crippen LogP contribution in [0.4, 0.5) is 0 Å². The van der Waals surface area contributed by atoms with Crippen molar-refractivity contribution in [2.24, 2.45) is 29.1 Å². The van der Waals surface area contributed by atoms with Gasteiger partial charge in [0.1, 0.15) is 6.04 Å². The van der Waals surface area contributed by atoms with Gasteiger partial charge in [0.2, 0.25) is 24.6 Å². The number of rotatable bonds is 9. The number of fused-ring (bicyclic) bond motifs is 1. The summed E-state index contributed by atoms with van der Waals surface area (Å²) in [5.41, 5.74) is -0.188. The summed E-state index contributed by atoms with van der Waals surface area (Å²) >= 11 is 0. The standard InChI is InChI=1S/C10H13N3O2.C10H16N2O2.C5H12O2.C4H10/c11-5-8(12-6-14)3-7-4-10(1-2-10)13-9(7)15;1-10(2)7-4-12(5-8(7)10)9(14)3-11-6-13;1-5(2,6)4-7-3;1-4(2)3/h6-8H,1-4H2,(H,12,14)(H,13,15);6-8H,3-5H2,1-2H3,(H,11,13);6H,4H2,1-3H3;4H,1-3H3. The molecule has 1 spiro atoms. The second-order valence-electron chi connectivity index (χ2n) is 13.2. The van der Waals surface area contributed by atoms with Crippen molar-refractivity contribution in [3.8, 4) is 6.07 Å². The van der Waals surface area contributed by atoms with Crippen LogP contribution in [0.25, 0.3) is 0 Å². The van der Waals surface area contributed by atoms with Gasteiger partial charge < -0.3 is 30.7 Å². The van der Waals surface area contributed by atoms with Crippen LogP contribution in [0.1, 0.15) is 74.1 Å². The Bertz CT molecular complexity index is 874. The number of methoxy groups -OCH3 is 1. The maximum atomic E-state index is 11.5. The van der Waals surface area contributed by atoms with Gasteiger partial charge in [-0.1, -0.05) is 34.6 Å². The van der Waals surface area contributed by atoms with Crippen molar-refractivity contribution >= 4 is 24.6 Å². The largest absolute Gasteiger partial charge is 0.388 e. The maximum absolute atomic E-state index is 11.5. The molecule has 4 atom stereocenters. The molecule has 4 aliphatic rings. The van der Waals surface area contributed by atoms with E-state index in [1.54, 1.807) is 21.0 Å². The number of hydrogen-bond donors (Lipinski definition) is 4. The van der Waals surface area contributed by atoms with E-state index in [9.17, 15) is 19.2 Å². The van der Waals surface area contributed by atoms with Crippen LogP contribution in [-0.2, 0) is 23.9 Å². The van der Waals surface area contributed by atoms with Gasteiger partial charge in [-0.25, -0.2) is 0 Å². The van der Waals surface area contributed by atoms with Gasteiger partial charge in [-0.2, -0.15) is 5.26 Å². The van der Waals surface area contributed by atoms with Crippen LogP contribution in [0.15, 0.2) is 0 Å². The first-order valence-corrected chi connectivity index (χ1v) is 14.1. The lowest BCUT2D eigenvalue weighted by Gasteiger charge is -2.21. The third kappa shape index (κ3) is 11.8. The number of amides is 4. The topological polar surface area (TPSA) is 161 Å². The first-order valence-electron chi connectivity index (χ1n) is 14.1. The van der Waals surface area contributed by atoms with Gasteiger partial charge in [0.15, 0.2) is 0 Å². The lowest BCUT2D eigenvalue weighted by Crippen LogP contribution is -2.38. The molecule has 4 N–H and O–H groups in total. The zero-order chi connectivity index (χ0) is 30.7. The van der Waals surface area contributed by atoms with E-state index < -0.39 is 11.6 Å². The molecule has 228 valence electrons. The van der Waals surface area contributed by atoms with Gasteiger partial charge >= 0.3 is 0 Å². The maximum Gasteiger partial charge on any atom is 0.241 e. The Labute approximate surface area is 239 Å². The molecule has 0 radical (unpaired) electrons. The van der Waals surface area contributed by atoms with E-state index in [1.165, 1.54) is 0 Å². The van der Waals surface area contributed by atoms with Crippen molar-refractivity contribution in [2.45, 2.75) is 91.3 Å². The summed E-state index contributed by atoms with van der Waals surface area (Å²) in [5, 5.41) is 25.4. The smallest absolute Gasteiger partial charge is 0.241 e. The van der Waals surface area contributed by atoms with Crippen molar-refractivity contribution in [2.75, 3.05) is 33.4 Å². The van der Waals surface area contributed by atoms with E-state index in [-0.39, 0.29) is 29.8 Å². The van der Waals surface area contributed by atoms with E-state index in [0.717, 1.165) is 38.3 Å². The van der Waals surface area contributed by atoms with Crippen LogP contribution in [0, 0.1) is 40.4 Å². The number of piperidine rings is 1. The Balaban J connectivity index is 0.000000296. The normalized spacial score (nSPS) is 24.8. The number of likely N-dealkylation sites (tertiary alicyclic amines) is 1. The van der Waals surface area contributed by atoms with Gasteiger partial charge in [0, 0.05) is 31.7 Å². The molecule has 0 aromatic heterocycles. The molecule has 4 fully saturated rings. The van der Waals surface area contributed by atoms with Crippen molar-refractivity contribution in [3.05, 3.63) is 0 Å². The number of nitrogens with zero attached hydrogens (tertiary/aromatic N) is 2. The summed E-state index contributed by atoms with van der Waals surface area (Å²) in [6.45, 7) is 16.7. The van der Waals surface area contributed by atoms with Gasteiger partial charge in [0.25, 0.3) is 0 Å². The molecule has 4 unspecified atom stereocenters.